The molecule has 1 N–H and O–H groups in total. The molecule has 0 radical (unpaired) electrons. The minimum Gasteiger partial charge on any atom is -0.378 e. The summed E-state index contributed by atoms with van der Waals surface area (Å²) >= 11 is 0. The molecule has 0 bridgehead atoms. The first-order chi connectivity index (χ1) is 14.5. The quantitative estimate of drug-likeness (QED) is 0.650. The Balaban J connectivity index is 1.85. The Morgan fingerprint density at radius 2 is 1.80 bits per heavy atom. The third-order valence-corrected chi connectivity index (χ3v) is 5.69. The van der Waals surface area contributed by atoms with E-state index in [1.54, 1.807) is 0 Å². The third kappa shape index (κ3) is 3.69. The smallest absolute Gasteiger partial charge is 0.211 e. The molecule has 1 amide bonds. The molecule has 3 aromatic carbocycles. The Hall–Kier alpha value is -3.53. The van der Waals surface area contributed by atoms with Crippen molar-refractivity contribution in [2.75, 3.05) is 31.4 Å². The minimum atomic E-state index is 0.687. The van der Waals surface area contributed by atoms with E-state index in [-0.39, 0.29) is 0 Å². The number of fused-ring (bicyclic) bond motifs is 2. The van der Waals surface area contributed by atoms with E-state index in [4.69, 9.17) is 0 Å². The number of hydrogen-bond donors (Lipinski definition) is 1. The van der Waals surface area contributed by atoms with Crippen LogP contribution in [0.1, 0.15) is 22.3 Å². The van der Waals surface area contributed by atoms with Crippen LogP contribution in [0.4, 0.5) is 11.4 Å². The molecule has 0 spiro atoms. The summed E-state index contributed by atoms with van der Waals surface area (Å²) in [4.78, 5) is 15.4. The fourth-order valence-electron chi connectivity index (χ4n) is 4.22. The summed E-state index contributed by atoms with van der Waals surface area (Å²) in [6.45, 7) is 4.81. The first-order valence-corrected chi connectivity index (χ1v) is 10.1. The molecule has 3 aromatic rings. The van der Waals surface area contributed by atoms with E-state index in [2.05, 4.69) is 85.3 Å². The molecule has 4 nitrogen and oxygen atoms in total. The van der Waals surface area contributed by atoms with Gasteiger partial charge in [0.05, 0.1) is 5.70 Å². The van der Waals surface area contributed by atoms with Crippen LogP contribution in [0.5, 0.6) is 0 Å². The molecule has 1 aliphatic carbocycles. The van der Waals surface area contributed by atoms with Gasteiger partial charge in [0.25, 0.3) is 0 Å². The SMILES string of the molecule is C=c1ccc2c(c1)Cc1cc(N(C)C)ccc1C=2N(C)Cc1ccccc1NC=O. The summed E-state index contributed by atoms with van der Waals surface area (Å²) in [7, 11) is 6.25. The first-order valence-electron chi connectivity index (χ1n) is 10.1. The number of hydrogen-bond acceptors (Lipinski definition) is 3. The van der Waals surface area contributed by atoms with E-state index in [9.17, 15) is 4.79 Å². The lowest BCUT2D eigenvalue weighted by Crippen LogP contribution is -2.31. The van der Waals surface area contributed by atoms with Crippen LogP contribution in [0.25, 0.3) is 12.3 Å². The average Bonchev–Trinajstić information content (AvgIpc) is 2.72. The summed E-state index contributed by atoms with van der Waals surface area (Å²) < 4.78 is 0. The molecule has 0 heterocycles. The fourth-order valence-corrected chi connectivity index (χ4v) is 4.22. The van der Waals surface area contributed by atoms with Crippen LogP contribution in [0.15, 0.2) is 60.7 Å². The zero-order valence-electron chi connectivity index (χ0n) is 17.8. The van der Waals surface area contributed by atoms with Gasteiger partial charge in [-0.05, 0) is 46.5 Å². The highest BCUT2D eigenvalue weighted by Crippen LogP contribution is 2.30. The summed E-state index contributed by atoms with van der Waals surface area (Å²) in [5, 5.41) is 5.10. The average molecular weight is 398 g/mol. The number of carbonyl (C=O) groups is 1. The second kappa shape index (κ2) is 8.07. The number of carbonyl (C=O) groups excluding carboxylic acids is 1. The van der Waals surface area contributed by atoms with Gasteiger partial charge >= 0.3 is 0 Å². The normalized spacial score (nSPS) is 12.0. The van der Waals surface area contributed by atoms with E-state index in [1.165, 1.54) is 33.3 Å². The van der Waals surface area contributed by atoms with Gasteiger partial charge in [-0.3, -0.25) is 4.79 Å². The van der Waals surface area contributed by atoms with Crippen molar-refractivity contribution in [1.82, 2.24) is 4.90 Å². The van der Waals surface area contributed by atoms with Gasteiger partial charge in [0.2, 0.25) is 6.41 Å². The lowest BCUT2D eigenvalue weighted by molar-refractivity contribution is -0.105. The van der Waals surface area contributed by atoms with Crippen molar-refractivity contribution in [2.45, 2.75) is 13.0 Å². The van der Waals surface area contributed by atoms with Crippen molar-refractivity contribution in [3.05, 3.63) is 93.4 Å². The van der Waals surface area contributed by atoms with Crippen LogP contribution in [-0.4, -0.2) is 32.5 Å². The molecule has 0 aromatic heterocycles. The van der Waals surface area contributed by atoms with Crippen molar-refractivity contribution in [1.29, 1.82) is 0 Å². The van der Waals surface area contributed by atoms with Crippen molar-refractivity contribution < 1.29 is 4.79 Å². The number of amides is 1. The Morgan fingerprint density at radius 1 is 1.00 bits per heavy atom. The molecule has 30 heavy (non-hydrogen) atoms. The van der Waals surface area contributed by atoms with Crippen molar-refractivity contribution in [3.63, 3.8) is 0 Å². The van der Waals surface area contributed by atoms with Gasteiger partial charge in [-0.1, -0.05) is 49.0 Å². The molecule has 0 saturated heterocycles. The number of nitrogens with one attached hydrogen (secondary N) is 1. The van der Waals surface area contributed by atoms with Crippen LogP contribution < -0.4 is 20.7 Å². The van der Waals surface area contributed by atoms with E-state index in [1.807, 2.05) is 18.2 Å². The molecular formula is C26H27N3O. The number of anilines is 2. The van der Waals surface area contributed by atoms with Gasteiger partial charge in [0.1, 0.15) is 0 Å². The summed E-state index contributed by atoms with van der Waals surface area (Å²) in [6.07, 6.45) is 1.63. The number of rotatable bonds is 6. The number of nitrogens with zero attached hydrogens (tertiary/aromatic N) is 2. The van der Waals surface area contributed by atoms with Gasteiger partial charge < -0.3 is 15.1 Å². The maximum Gasteiger partial charge on any atom is 0.211 e. The van der Waals surface area contributed by atoms with Crippen LogP contribution >= 0.6 is 0 Å². The second-order valence-electron chi connectivity index (χ2n) is 8.03. The minimum absolute atomic E-state index is 0.687. The second-order valence-corrected chi connectivity index (χ2v) is 8.03. The zero-order chi connectivity index (χ0) is 21.3. The Kier molecular flexibility index (Phi) is 5.32. The summed E-state index contributed by atoms with van der Waals surface area (Å²) in [5.74, 6) is 0. The predicted octanol–water partition coefficient (Wildman–Crippen LogP) is 2.92. The summed E-state index contributed by atoms with van der Waals surface area (Å²) in [6, 6.07) is 21.1. The number of benzene rings is 3. The summed E-state index contributed by atoms with van der Waals surface area (Å²) in [5.41, 5.74) is 8.20. The van der Waals surface area contributed by atoms with Crippen molar-refractivity contribution in [3.8, 4) is 0 Å². The Labute approximate surface area is 177 Å². The third-order valence-electron chi connectivity index (χ3n) is 5.69. The highest BCUT2D eigenvalue weighted by Gasteiger charge is 2.21. The molecular weight excluding hydrogens is 370 g/mol. The van der Waals surface area contributed by atoms with Crippen LogP contribution in [-0.2, 0) is 17.8 Å². The van der Waals surface area contributed by atoms with Gasteiger partial charge in [0, 0.05) is 49.8 Å². The van der Waals surface area contributed by atoms with Crippen LogP contribution in [0.3, 0.4) is 0 Å². The molecule has 152 valence electrons. The Morgan fingerprint density at radius 3 is 2.57 bits per heavy atom. The topological polar surface area (TPSA) is 35.6 Å². The maximum atomic E-state index is 11.0. The molecule has 0 aliphatic heterocycles. The van der Waals surface area contributed by atoms with E-state index >= 15 is 0 Å². The maximum absolute atomic E-state index is 11.0. The molecule has 1 aliphatic rings. The molecule has 4 heteroatoms. The van der Waals surface area contributed by atoms with E-state index in [0.29, 0.717) is 6.54 Å². The highest BCUT2D eigenvalue weighted by molar-refractivity contribution is 5.75. The Bertz CT molecular complexity index is 1210. The van der Waals surface area contributed by atoms with Crippen LogP contribution in [0.2, 0.25) is 0 Å². The van der Waals surface area contributed by atoms with E-state index < -0.39 is 0 Å². The van der Waals surface area contributed by atoms with Gasteiger partial charge in [0.15, 0.2) is 0 Å². The molecule has 0 saturated carbocycles. The van der Waals surface area contributed by atoms with Crippen LogP contribution in [0, 0.1) is 0 Å². The fraction of sp³-hybridized carbons (Fsp3) is 0.192. The molecule has 4 rings (SSSR count). The van der Waals surface area contributed by atoms with Gasteiger partial charge in [-0.15, -0.1) is 0 Å². The predicted molar refractivity (Wildman–Crippen MR) is 125 cm³/mol. The van der Waals surface area contributed by atoms with Gasteiger partial charge in [-0.2, -0.15) is 0 Å². The standard InChI is InChI=1S/C26H27N3O/c1-18-9-11-23-20(13-18)14-21-15-22(28(2)3)10-12-24(21)26(23)29(4)16-19-7-5-6-8-25(19)27-17-30/h5-13,15,17H,1,14,16H2,2-4H3,(H,27,30). The highest BCUT2D eigenvalue weighted by atomic mass is 16.1. The first kappa shape index (κ1) is 19.8. The monoisotopic (exact) mass is 397 g/mol. The lowest BCUT2D eigenvalue weighted by atomic mass is 9.88. The number of para-hydroxylation sites is 1. The van der Waals surface area contributed by atoms with Crippen molar-refractivity contribution in [2.24, 2.45) is 0 Å². The zero-order valence-corrected chi connectivity index (χ0v) is 17.8. The molecule has 0 atom stereocenters. The van der Waals surface area contributed by atoms with E-state index in [0.717, 1.165) is 29.3 Å². The largest absolute Gasteiger partial charge is 0.378 e. The lowest BCUT2D eigenvalue weighted by Gasteiger charge is -2.30. The molecule has 0 fully saturated rings. The molecule has 0 unspecified atom stereocenters. The van der Waals surface area contributed by atoms with Crippen molar-refractivity contribution >= 4 is 30.1 Å². The van der Waals surface area contributed by atoms with Gasteiger partial charge in [-0.25, -0.2) is 0 Å².